The molecule has 5 aromatic rings. The Morgan fingerprint density at radius 3 is 2.59 bits per heavy atom. The van der Waals surface area contributed by atoms with E-state index in [9.17, 15) is 8.78 Å². The van der Waals surface area contributed by atoms with E-state index < -0.39 is 11.6 Å². The Bertz CT molecular complexity index is 1590. The normalized spacial score (nSPS) is 12.6. The molecular formula is C27H22F2N6OS. The minimum absolute atomic E-state index is 0.0884. The first-order valence-corrected chi connectivity index (χ1v) is 13.0. The van der Waals surface area contributed by atoms with Crippen molar-refractivity contribution < 1.29 is 13.5 Å². The van der Waals surface area contributed by atoms with Crippen molar-refractivity contribution in [2.24, 2.45) is 0 Å². The van der Waals surface area contributed by atoms with Crippen molar-refractivity contribution in [1.29, 1.82) is 0 Å². The summed E-state index contributed by atoms with van der Waals surface area (Å²) < 4.78 is 36.6. The van der Waals surface area contributed by atoms with E-state index in [4.69, 9.17) is 19.8 Å². The molecule has 37 heavy (non-hydrogen) atoms. The number of anilines is 2. The molecule has 0 unspecified atom stereocenters. The van der Waals surface area contributed by atoms with E-state index >= 15 is 0 Å². The number of nitrogens with one attached hydrogen (secondary N) is 1. The number of hydrogen-bond donors (Lipinski definition) is 1. The zero-order valence-electron chi connectivity index (χ0n) is 19.9. The molecule has 2 aromatic carbocycles. The predicted molar refractivity (Wildman–Crippen MR) is 140 cm³/mol. The maximum Gasteiger partial charge on any atom is 0.183 e. The van der Waals surface area contributed by atoms with Crippen molar-refractivity contribution in [3.05, 3.63) is 89.4 Å². The van der Waals surface area contributed by atoms with Crippen LogP contribution >= 0.6 is 11.8 Å². The van der Waals surface area contributed by atoms with Crippen LogP contribution < -0.4 is 10.1 Å². The molecule has 0 amide bonds. The highest BCUT2D eigenvalue weighted by Crippen LogP contribution is 2.37. The summed E-state index contributed by atoms with van der Waals surface area (Å²) in [4.78, 5) is 13.8. The van der Waals surface area contributed by atoms with Gasteiger partial charge in [-0.15, -0.1) is 0 Å². The second-order valence-electron chi connectivity index (χ2n) is 8.50. The minimum atomic E-state index is -0.681. The van der Waals surface area contributed by atoms with Gasteiger partial charge in [0.1, 0.15) is 28.9 Å². The lowest BCUT2D eigenvalue weighted by atomic mass is 10.1. The van der Waals surface area contributed by atoms with Crippen molar-refractivity contribution in [3.8, 4) is 17.3 Å². The van der Waals surface area contributed by atoms with Crippen LogP contribution in [0.15, 0.2) is 60.9 Å². The molecular weight excluding hydrogens is 494 g/mol. The van der Waals surface area contributed by atoms with Gasteiger partial charge in [0.25, 0.3) is 0 Å². The van der Waals surface area contributed by atoms with Gasteiger partial charge >= 0.3 is 0 Å². The summed E-state index contributed by atoms with van der Waals surface area (Å²) in [7, 11) is 0. The van der Waals surface area contributed by atoms with Crippen molar-refractivity contribution in [2.75, 3.05) is 11.9 Å². The smallest absolute Gasteiger partial charge is 0.183 e. The first-order valence-electron chi connectivity index (χ1n) is 11.8. The molecule has 0 aliphatic carbocycles. The van der Waals surface area contributed by atoms with E-state index in [0.717, 1.165) is 45.2 Å². The molecule has 4 heterocycles. The Hall–Kier alpha value is -4.05. The fourth-order valence-electron chi connectivity index (χ4n) is 4.38. The second-order valence-corrected chi connectivity index (χ2v) is 9.48. The fraction of sp³-hybridized carbons (Fsp3) is 0.185. The zero-order valence-corrected chi connectivity index (χ0v) is 20.7. The Kier molecular flexibility index (Phi) is 6.17. The molecule has 1 aliphatic rings. The summed E-state index contributed by atoms with van der Waals surface area (Å²) in [6, 6.07) is 13.7. The third kappa shape index (κ3) is 4.48. The number of thioether (sulfide) groups is 1. The number of aromatic nitrogens is 5. The summed E-state index contributed by atoms with van der Waals surface area (Å²) in [5, 5.41) is 8.94. The Balaban J connectivity index is 1.44. The number of para-hydroxylation sites is 1. The average Bonchev–Trinajstić information content (AvgIpc) is 3.52. The van der Waals surface area contributed by atoms with Gasteiger partial charge in [-0.25, -0.2) is 18.7 Å². The van der Waals surface area contributed by atoms with Gasteiger partial charge < -0.3 is 10.1 Å². The van der Waals surface area contributed by atoms with Crippen molar-refractivity contribution in [3.63, 3.8) is 0 Å². The molecule has 10 heteroatoms. The summed E-state index contributed by atoms with van der Waals surface area (Å²) in [5.74, 6) is 1.56. The zero-order chi connectivity index (χ0) is 25.4. The Labute approximate surface area is 215 Å². The topological polar surface area (TPSA) is 77.8 Å². The maximum absolute atomic E-state index is 14.9. The summed E-state index contributed by atoms with van der Waals surface area (Å²) in [6.45, 7) is 2.00. The highest BCUT2D eigenvalue weighted by atomic mass is 32.2. The summed E-state index contributed by atoms with van der Waals surface area (Å²) in [5.41, 5.74) is 4.08. The molecule has 0 saturated heterocycles. The van der Waals surface area contributed by atoms with Gasteiger partial charge in [0.15, 0.2) is 5.82 Å². The lowest BCUT2D eigenvalue weighted by molar-refractivity contribution is 0.335. The minimum Gasteiger partial charge on any atom is -0.494 e. The molecule has 0 spiro atoms. The van der Waals surface area contributed by atoms with E-state index in [1.807, 2.05) is 36.4 Å². The van der Waals surface area contributed by atoms with Gasteiger partial charge in [0.05, 0.1) is 24.4 Å². The Morgan fingerprint density at radius 1 is 1.03 bits per heavy atom. The van der Waals surface area contributed by atoms with Crippen molar-refractivity contribution in [2.45, 2.75) is 25.0 Å². The molecule has 3 aromatic heterocycles. The number of rotatable bonds is 7. The van der Waals surface area contributed by atoms with Gasteiger partial charge in [-0.1, -0.05) is 18.2 Å². The highest BCUT2D eigenvalue weighted by molar-refractivity contribution is 7.98. The number of fused-ring (bicyclic) bond motifs is 2. The SMILES string of the molecule is CCOc1cc(F)c(Cn2nc(-c3nc4c(c(Nc5ccncc5)n3)CSC4)c3ccccc32)c(F)c1. The molecule has 1 aliphatic heterocycles. The van der Waals surface area contributed by atoms with E-state index in [0.29, 0.717) is 18.1 Å². The standard InChI is InChI=1S/C27H22F2N6OS/c1-2-36-17-11-21(28)19(22(29)12-17)13-35-24-6-4-3-5-18(24)25(34-35)27-32-23-15-37-14-20(23)26(33-27)31-16-7-9-30-10-8-16/h3-12H,2,13-15H2,1H3,(H,30,31,32,33). The monoisotopic (exact) mass is 516 g/mol. The second kappa shape index (κ2) is 9.78. The van der Waals surface area contributed by atoms with Gasteiger partial charge in [-0.3, -0.25) is 9.67 Å². The van der Waals surface area contributed by atoms with Crippen LogP contribution in [0.3, 0.4) is 0 Å². The lowest BCUT2D eigenvalue weighted by Crippen LogP contribution is -2.08. The van der Waals surface area contributed by atoms with Crippen LogP contribution in [0.2, 0.25) is 0 Å². The van der Waals surface area contributed by atoms with Crippen LogP contribution in [0, 0.1) is 11.6 Å². The third-order valence-corrected chi connectivity index (χ3v) is 7.09. The average molecular weight is 517 g/mol. The van der Waals surface area contributed by atoms with Gasteiger partial charge in [0, 0.05) is 58.2 Å². The molecule has 0 radical (unpaired) electrons. The number of pyridine rings is 1. The van der Waals surface area contributed by atoms with E-state index in [-0.39, 0.29) is 17.9 Å². The van der Waals surface area contributed by atoms with Crippen molar-refractivity contribution >= 4 is 34.2 Å². The van der Waals surface area contributed by atoms with E-state index in [2.05, 4.69) is 10.3 Å². The number of hydrogen-bond acceptors (Lipinski definition) is 7. The van der Waals surface area contributed by atoms with Crippen LogP contribution in [0.5, 0.6) is 5.75 Å². The molecule has 186 valence electrons. The third-order valence-electron chi connectivity index (χ3n) is 6.12. The van der Waals surface area contributed by atoms with E-state index in [1.54, 1.807) is 35.8 Å². The lowest BCUT2D eigenvalue weighted by Gasteiger charge is -2.11. The first kappa shape index (κ1) is 23.4. The van der Waals surface area contributed by atoms with Gasteiger partial charge in [-0.05, 0) is 25.1 Å². The largest absolute Gasteiger partial charge is 0.494 e. The van der Waals surface area contributed by atoms with Crippen LogP contribution in [0.25, 0.3) is 22.4 Å². The van der Waals surface area contributed by atoms with Crippen LogP contribution in [0.1, 0.15) is 23.7 Å². The van der Waals surface area contributed by atoms with Crippen LogP contribution in [0.4, 0.5) is 20.3 Å². The quantitative estimate of drug-likeness (QED) is 0.280. The summed E-state index contributed by atoms with van der Waals surface area (Å²) in [6.07, 6.45) is 3.43. The number of halogens is 2. The highest BCUT2D eigenvalue weighted by Gasteiger charge is 2.24. The molecule has 0 atom stereocenters. The van der Waals surface area contributed by atoms with Crippen LogP contribution in [-0.4, -0.2) is 31.3 Å². The molecule has 0 bridgehead atoms. The molecule has 1 N–H and O–H groups in total. The molecule has 0 fully saturated rings. The number of benzene rings is 2. The predicted octanol–water partition coefficient (Wildman–Crippen LogP) is 6.10. The molecule has 6 rings (SSSR count). The van der Waals surface area contributed by atoms with Crippen molar-refractivity contribution in [1.82, 2.24) is 24.7 Å². The van der Waals surface area contributed by atoms with Crippen LogP contribution in [-0.2, 0) is 18.1 Å². The van der Waals surface area contributed by atoms with Gasteiger partial charge in [-0.2, -0.15) is 16.9 Å². The number of ether oxygens (including phenoxy) is 1. The summed E-state index contributed by atoms with van der Waals surface area (Å²) >= 11 is 1.78. The molecule has 7 nitrogen and oxygen atoms in total. The fourth-order valence-corrected chi connectivity index (χ4v) is 5.42. The number of nitrogens with zero attached hydrogens (tertiary/aromatic N) is 5. The Morgan fingerprint density at radius 2 is 1.81 bits per heavy atom. The first-order chi connectivity index (χ1) is 18.1. The van der Waals surface area contributed by atoms with Gasteiger partial charge in [0.2, 0.25) is 0 Å². The maximum atomic E-state index is 14.9. The molecule has 0 saturated carbocycles. The van der Waals surface area contributed by atoms with E-state index in [1.165, 1.54) is 12.1 Å².